The molecule has 0 unspecified atom stereocenters. The molecule has 0 atom stereocenters. The van der Waals surface area contributed by atoms with Gasteiger partial charge in [0.05, 0.1) is 33.4 Å². The minimum Gasteiger partial charge on any atom is -0.303 e. The van der Waals surface area contributed by atoms with Gasteiger partial charge >= 0.3 is 0 Å². The predicted molar refractivity (Wildman–Crippen MR) is 130 cm³/mol. The van der Waals surface area contributed by atoms with E-state index in [0.29, 0.717) is 32.1 Å². The first-order chi connectivity index (χ1) is 15.1. The van der Waals surface area contributed by atoms with Crippen molar-refractivity contribution in [2.45, 2.75) is 6.54 Å². The van der Waals surface area contributed by atoms with Crippen LogP contribution in [0.3, 0.4) is 0 Å². The van der Waals surface area contributed by atoms with Crippen LogP contribution in [0.2, 0.25) is 5.02 Å². The third-order valence-corrected chi connectivity index (χ3v) is 6.89. The summed E-state index contributed by atoms with van der Waals surface area (Å²) in [6.07, 6.45) is 0. The van der Waals surface area contributed by atoms with Crippen molar-refractivity contribution in [2.75, 3.05) is 9.80 Å². The quantitative estimate of drug-likeness (QED) is 0.372. The van der Waals surface area contributed by atoms with Gasteiger partial charge < -0.3 is 4.90 Å². The Morgan fingerprint density at radius 3 is 2.19 bits per heavy atom. The topological polar surface area (TPSA) is 40.6 Å². The van der Waals surface area contributed by atoms with Crippen molar-refractivity contribution >= 4 is 68.7 Å². The summed E-state index contributed by atoms with van der Waals surface area (Å²) in [7, 11) is 0. The molecule has 2 aliphatic rings. The zero-order chi connectivity index (χ0) is 21.5. The third-order valence-electron chi connectivity index (χ3n) is 5.20. The highest BCUT2D eigenvalue weighted by Crippen LogP contribution is 2.46. The van der Waals surface area contributed by atoms with Gasteiger partial charge in [0.1, 0.15) is 0 Å². The molecule has 0 aromatic heterocycles. The molecule has 3 aromatic carbocycles. The van der Waals surface area contributed by atoms with Crippen LogP contribution in [0.4, 0.5) is 11.4 Å². The number of nitrogens with zero attached hydrogens (tertiary/aromatic N) is 2. The Balaban J connectivity index is 1.60. The number of rotatable bonds is 3. The normalized spacial score (nSPS) is 18.2. The van der Waals surface area contributed by atoms with Gasteiger partial charge in [-0.15, -0.1) is 0 Å². The number of anilines is 2. The van der Waals surface area contributed by atoms with Crippen LogP contribution in [0.15, 0.2) is 83.8 Å². The first kappa shape index (κ1) is 20.0. The fraction of sp³-hybridized carbons (Fsp3) is 0.0417. The molecule has 0 spiro atoms. The van der Waals surface area contributed by atoms with Crippen LogP contribution in [-0.2, 0) is 16.1 Å². The molecule has 2 aliphatic heterocycles. The van der Waals surface area contributed by atoms with E-state index in [1.165, 1.54) is 4.90 Å². The van der Waals surface area contributed by atoms with E-state index in [0.717, 1.165) is 28.6 Å². The minimum atomic E-state index is -0.331. The Kier molecular flexibility index (Phi) is 5.14. The predicted octanol–water partition coefficient (Wildman–Crippen LogP) is 5.66. The van der Waals surface area contributed by atoms with Crippen LogP contribution < -0.4 is 9.80 Å². The van der Waals surface area contributed by atoms with E-state index in [-0.39, 0.29) is 11.8 Å². The minimum absolute atomic E-state index is 0.204. The second-order valence-electron chi connectivity index (χ2n) is 7.06. The van der Waals surface area contributed by atoms with Crippen molar-refractivity contribution in [3.05, 3.63) is 99.9 Å². The fourth-order valence-corrected chi connectivity index (χ4v) is 5.36. The molecular formula is C24H15ClN2O2S2. The van der Waals surface area contributed by atoms with Crippen molar-refractivity contribution in [1.29, 1.82) is 0 Å². The lowest BCUT2D eigenvalue weighted by atomic mass is 10.1. The van der Waals surface area contributed by atoms with Gasteiger partial charge in [-0.05, 0) is 23.8 Å². The summed E-state index contributed by atoms with van der Waals surface area (Å²) in [5.41, 5.74) is 3.44. The maximum atomic E-state index is 13.5. The van der Waals surface area contributed by atoms with E-state index < -0.39 is 0 Å². The molecule has 31 heavy (non-hydrogen) atoms. The summed E-state index contributed by atoms with van der Waals surface area (Å²) >= 11 is 12.9. The molecule has 2 heterocycles. The molecule has 7 heteroatoms. The number of benzene rings is 3. The second-order valence-corrected chi connectivity index (χ2v) is 9.11. The van der Waals surface area contributed by atoms with Crippen molar-refractivity contribution in [2.24, 2.45) is 0 Å². The molecule has 0 saturated carbocycles. The molecule has 152 valence electrons. The van der Waals surface area contributed by atoms with E-state index in [4.69, 9.17) is 23.8 Å². The van der Waals surface area contributed by atoms with E-state index in [9.17, 15) is 9.59 Å². The maximum absolute atomic E-state index is 13.5. The Labute approximate surface area is 194 Å². The number of fused-ring (bicyclic) bond motifs is 1. The number of carbonyl (C=O) groups is 2. The summed E-state index contributed by atoms with van der Waals surface area (Å²) in [5.74, 6) is -0.535. The summed E-state index contributed by atoms with van der Waals surface area (Å²) in [5, 5.41) is 0.425. The molecule has 1 saturated heterocycles. The van der Waals surface area contributed by atoms with Crippen LogP contribution in [-0.4, -0.2) is 16.1 Å². The van der Waals surface area contributed by atoms with Gasteiger partial charge in [-0.25, -0.2) is 0 Å². The molecule has 2 amide bonds. The number of para-hydroxylation sites is 2. The van der Waals surface area contributed by atoms with Gasteiger partial charge in [0.2, 0.25) is 0 Å². The number of hydrogen-bond donors (Lipinski definition) is 0. The molecular weight excluding hydrogens is 448 g/mol. The smallest absolute Gasteiger partial charge is 0.271 e. The lowest BCUT2D eigenvalue weighted by molar-refractivity contribution is -0.115. The standard InChI is InChI=1S/C24H15ClN2O2S2/c25-17-11-5-7-13-19(17)27-23(29)21(31-24(27)30)20-16-10-4-6-12-18(16)26(22(20)28)14-15-8-2-1-3-9-15/h1-13H,14H2. The highest BCUT2D eigenvalue weighted by molar-refractivity contribution is 8.27. The van der Waals surface area contributed by atoms with Gasteiger partial charge in [0.25, 0.3) is 11.8 Å². The Hall–Kier alpha value is -2.93. The van der Waals surface area contributed by atoms with E-state index in [2.05, 4.69) is 0 Å². The van der Waals surface area contributed by atoms with Gasteiger partial charge in [0.15, 0.2) is 4.32 Å². The van der Waals surface area contributed by atoms with Crippen molar-refractivity contribution < 1.29 is 9.59 Å². The number of halogens is 1. The fourth-order valence-electron chi connectivity index (χ4n) is 3.78. The highest BCUT2D eigenvalue weighted by atomic mass is 35.5. The number of thiocarbonyl (C=S) groups is 1. The summed E-state index contributed by atoms with van der Waals surface area (Å²) < 4.78 is 0.354. The van der Waals surface area contributed by atoms with Crippen molar-refractivity contribution in [1.82, 2.24) is 0 Å². The third kappa shape index (κ3) is 3.37. The van der Waals surface area contributed by atoms with Crippen molar-refractivity contribution in [3.8, 4) is 0 Å². The Morgan fingerprint density at radius 1 is 0.806 bits per heavy atom. The average molecular weight is 463 g/mol. The molecule has 0 N–H and O–H groups in total. The molecule has 3 aromatic rings. The van der Waals surface area contributed by atoms with Crippen LogP contribution >= 0.6 is 35.6 Å². The van der Waals surface area contributed by atoms with Crippen LogP contribution in [0, 0.1) is 0 Å². The lowest BCUT2D eigenvalue weighted by Gasteiger charge is -2.17. The molecule has 0 radical (unpaired) electrons. The summed E-state index contributed by atoms with van der Waals surface area (Å²) in [6.45, 7) is 0.422. The second kappa shape index (κ2) is 7.96. The van der Waals surface area contributed by atoms with Gasteiger partial charge in [0, 0.05) is 5.56 Å². The van der Waals surface area contributed by atoms with Crippen LogP contribution in [0.5, 0.6) is 0 Å². The first-order valence-electron chi connectivity index (χ1n) is 9.56. The molecule has 0 aliphatic carbocycles. The van der Waals surface area contributed by atoms with E-state index in [1.54, 1.807) is 29.2 Å². The zero-order valence-corrected chi connectivity index (χ0v) is 18.5. The van der Waals surface area contributed by atoms with E-state index in [1.807, 2.05) is 54.6 Å². The van der Waals surface area contributed by atoms with Crippen LogP contribution in [0.25, 0.3) is 5.57 Å². The van der Waals surface area contributed by atoms with E-state index >= 15 is 0 Å². The SMILES string of the molecule is O=C1C(=C2SC(=S)N(c3ccccc3Cl)C2=O)c2ccccc2N1Cc1ccccc1. The van der Waals surface area contributed by atoms with Crippen molar-refractivity contribution in [3.63, 3.8) is 0 Å². The number of amides is 2. The molecule has 1 fully saturated rings. The van der Waals surface area contributed by atoms with Gasteiger partial charge in [-0.1, -0.05) is 96.2 Å². The average Bonchev–Trinajstić information content (AvgIpc) is 3.22. The molecule has 4 nitrogen and oxygen atoms in total. The largest absolute Gasteiger partial charge is 0.303 e. The number of carbonyl (C=O) groups excluding carboxylic acids is 2. The summed E-state index contributed by atoms with van der Waals surface area (Å²) in [4.78, 5) is 30.4. The monoisotopic (exact) mass is 462 g/mol. The van der Waals surface area contributed by atoms with Crippen LogP contribution in [0.1, 0.15) is 11.1 Å². The molecule has 5 rings (SSSR count). The zero-order valence-electron chi connectivity index (χ0n) is 16.1. The highest BCUT2D eigenvalue weighted by Gasteiger charge is 2.42. The number of thioether (sulfide) groups is 1. The van der Waals surface area contributed by atoms with Gasteiger partial charge in [-0.3, -0.25) is 14.5 Å². The number of hydrogen-bond acceptors (Lipinski definition) is 4. The molecule has 0 bridgehead atoms. The van der Waals surface area contributed by atoms with Gasteiger partial charge in [-0.2, -0.15) is 0 Å². The Morgan fingerprint density at radius 2 is 1.45 bits per heavy atom. The summed E-state index contributed by atoms with van der Waals surface area (Å²) in [6, 6.07) is 24.3. The lowest BCUT2D eigenvalue weighted by Crippen LogP contribution is -2.29. The maximum Gasteiger partial charge on any atom is 0.271 e. The Bertz CT molecular complexity index is 1270. The first-order valence-corrected chi connectivity index (χ1v) is 11.2.